The Bertz CT molecular complexity index is 1000. The molecular formula is C18H13Cl2N5O2. The summed E-state index contributed by atoms with van der Waals surface area (Å²) in [4.78, 5) is 12.9. The molecule has 0 bridgehead atoms. The molecule has 1 N–H and O–H groups in total. The number of anilines is 2. The Balaban J connectivity index is 1.89. The Morgan fingerprint density at radius 2 is 1.85 bits per heavy atom. The second-order valence-corrected chi connectivity index (χ2v) is 6.11. The number of nitriles is 1. The Morgan fingerprint density at radius 1 is 1.19 bits per heavy atom. The maximum absolute atomic E-state index is 11.7. The molecule has 0 saturated carbocycles. The molecule has 0 unspecified atom stereocenters. The molecule has 3 rings (SSSR count). The number of esters is 1. The van der Waals surface area contributed by atoms with Crippen LogP contribution in [0.25, 0.3) is 5.69 Å². The average molecular weight is 402 g/mol. The lowest BCUT2D eigenvalue weighted by molar-refractivity contribution is 0.0526. The van der Waals surface area contributed by atoms with Gasteiger partial charge >= 0.3 is 5.97 Å². The summed E-state index contributed by atoms with van der Waals surface area (Å²) in [6.07, 6.45) is 0. The summed E-state index contributed by atoms with van der Waals surface area (Å²) in [5.74, 6) is -0.168. The van der Waals surface area contributed by atoms with Gasteiger partial charge in [-0.3, -0.25) is 0 Å². The van der Waals surface area contributed by atoms with Gasteiger partial charge < -0.3 is 10.1 Å². The van der Waals surface area contributed by atoms with E-state index in [0.29, 0.717) is 33.6 Å². The number of carbonyl (C=O) groups excluding carboxylic acids is 1. The van der Waals surface area contributed by atoms with Crippen LogP contribution in [0.2, 0.25) is 10.0 Å². The van der Waals surface area contributed by atoms with E-state index in [1.807, 2.05) is 6.07 Å². The molecule has 27 heavy (non-hydrogen) atoms. The number of para-hydroxylation sites is 1. The lowest BCUT2D eigenvalue weighted by Gasteiger charge is -2.06. The monoisotopic (exact) mass is 401 g/mol. The lowest BCUT2D eigenvalue weighted by atomic mass is 10.2. The molecule has 0 atom stereocenters. The van der Waals surface area contributed by atoms with E-state index in [2.05, 4.69) is 15.5 Å². The highest BCUT2D eigenvalue weighted by atomic mass is 35.5. The van der Waals surface area contributed by atoms with Crippen molar-refractivity contribution in [3.05, 3.63) is 63.8 Å². The van der Waals surface area contributed by atoms with Crippen molar-refractivity contribution in [1.29, 1.82) is 5.26 Å². The van der Waals surface area contributed by atoms with E-state index < -0.39 is 5.97 Å². The van der Waals surface area contributed by atoms with E-state index in [1.165, 1.54) is 4.80 Å². The maximum atomic E-state index is 11.7. The van der Waals surface area contributed by atoms with Crippen molar-refractivity contribution in [3.8, 4) is 11.8 Å². The van der Waals surface area contributed by atoms with Gasteiger partial charge in [-0.1, -0.05) is 29.3 Å². The van der Waals surface area contributed by atoms with Gasteiger partial charge in [0, 0.05) is 5.69 Å². The molecule has 0 fully saturated rings. The first-order chi connectivity index (χ1) is 13.0. The SMILES string of the molecule is CCOC(=O)c1ccc(Nc2nn(-c3c(Cl)cccc3Cl)nc2C#N)cc1. The molecule has 3 aromatic rings. The van der Waals surface area contributed by atoms with Gasteiger partial charge in [-0.15, -0.1) is 15.0 Å². The van der Waals surface area contributed by atoms with Crippen LogP contribution in [0.1, 0.15) is 23.0 Å². The van der Waals surface area contributed by atoms with E-state index in [-0.39, 0.29) is 11.5 Å². The third kappa shape index (κ3) is 4.03. The molecule has 0 amide bonds. The van der Waals surface area contributed by atoms with E-state index in [4.69, 9.17) is 27.9 Å². The fourth-order valence-electron chi connectivity index (χ4n) is 2.29. The standard InChI is InChI=1S/C18H13Cl2N5O2/c1-2-27-18(26)11-6-8-12(9-7-11)22-17-15(10-21)23-25(24-17)16-13(19)4-3-5-14(16)20/h3-9H,2H2,1H3,(H,22,24). The van der Waals surface area contributed by atoms with Gasteiger partial charge in [0.1, 0.15) is 11.8 Å². The first-order valence-electron chi connectivity index (χ1n) is 7.89. The first kappa shape index (κ1) is 18.7. The average Bonchev–Trinajstić information content (AvgIpc) is 3.04. The van der Waals surface area contributed by atoms with E-state index in [9.17, 15) is 10.1 Å². The number of carbonyl (C=O) groups is 1. The molecule has 0 spiro atoms. The number of halogens is 2. The normalized spacial score (nSPS) is 10.3. The highest BCUT2D eigenvalue weighted by Crippen LogP contribution is 2.28. The van der Waals surface area contributed by atoms with Gasteiger partial charge in [0.25, 0.3) is 0 Å². The molecule has 9 heteroatoms. The molecular weight excluding hydrogens is 389 g/mol. The quantitative estimate of drug-likeness (QED) is 0.638. The van der Waals surface area contributed by atoms with Crippen LogP contribution in [0.3, 0.4) is 0 Å². The van der Waals surface area contributed by atoms with Crippen molar-refractivity contribution in [1.82, 2.24) is 15.0 Å². The summed E-state index contributed by atoms with van der Waals surface area (Å²) in [7, 11) is 0. The Morgan fingerprint density at radius 3 is 2.44 bits per heavy atom. The number of aromatic nitrogens is 3. The summed E-state index contributed by atoms with van der Waals surface area (Å²) >= 11 is 12.3. The number of benzene rings is 2. The van der Waals surface area contributed by atoms with E-state index in [1.54, 1.807) is 49.4 Å². The number of rotatable bonds is 5. The van der Waals surface area contributed by atoms with Crippen LogP contribution in [-0.2, 0) is 4.74 Å². The van der Waals surface area contributed by atoms with Gasteiger partial charge in [0.2, 0.25) is 5.69 Å². The highest BCUT2D eigenvalue weighted by Gasteiger charge is 2.16. The minimum atomic E-state index is -0.402. The minimum absolute atomic E-state index is 0.0699. The van der Waals surface area contributed by atoms with Crippen molar-refractivity contribution < 1.29 is 9.53 Å². The molecule has 1 aromatic heterocycles. The zero-order chi connectivity index (χ0) is 19.4. The smallest absolute Gasteiger partial charge is 0.338 e. The molecule has 2 aromatic carbocycles. The van der Waals surface area contributed by atoms with Gasteiger partial charge in [0.05, 0.1) is 22.2 Å². The van der Waals surface area contributed by atoms with Gasteiger partial charge in [-0.2, -0.15) is 5.26 Å². The predicted molar refractivity (Wildman–Crippen MR) is 102 cm³/mol. The van der Waals surface area contributed by atoms with Gasteiger partial charge in [0.15, 0.2) is 5.82 Å². The zero-order valence-corrected chi connectivity index (χ0v) is 15.6. The third-order valence-corrected chi connectivity index (χ3v) is 4.13. The van der Waals surface area contributed by atoms with Crippen molar-refractivity contribution in [2.24, 2.45) is 0 Å². The van der Waals surface area contributed by atoms with Crippen LogP contribution in [0, 0.1) is 11.3 Å². The van der Waals surface area contributed by atoms with Crippen LogP contribution in [0.4, 0.5) is 11.5 Å². The molecule has 0 aliphatic heterocycles. The Kier molecular flexibility index (Phi) is 5.60. The number of nitrogens with zero attached hydrogens (tertiary/aromatic N) is 4. The number of nitrogens with one attached hydrogen (secondary N) is 1. The fourth-order valence-corrected chi connectivity index (χ4v) is 2.84. The lowest BCUT2D eigenvalue weighted by Crippen LogP contribution is -2.04. The largest absolute Gasteiger partial charge is 0.462 e. The Labute approximate surface area is 165 Å². The predicted octanol–water partition coefficient (Wildman–Crippen LogP) is 4.37. The summed E-state index contributed by atoms with van der Waals surface area (Å²) < 4.78 is 4.94. The first-order valence-corrected chi connectivity index (χ1v) is 8.65. The van der Waals surface area contributed by atoms with Crippen LogP contribution in [0.5, 0.6) is 0 Å². The molecule has 0 saturated heterocycles. The van der Waals surface area contributed by atoms with E-state index >= 15 is 0 Å². The molecule has 0 aliphatic rings. The second-order valence-electron chi connectivity index (χ2n) is 5.29. The van der Waals surface area contributed by atoms with Gasteiger partial charge in [-0.05, 0) is 43.3 Å². The Hall–Kier alpha value is -3.08. The van der Waals surface area contributed by atoms with Crippen molar-refractivity contribution in [2.45, 2.75) is 6.92 Å². The summed E-state index contributed by atoms with van der Waals surface area (Å²) in [5.41, 5.74) is 1.50. The second kappa shape index (κ2) is 8.08. The maximum Gasteiger partial charge on any atom is 0.338 e. The van der Waals surface area contributed by atoms with Crippen molar-refractivity contribution >= 4 is 40.7 Å². The fraction of sp³-hybridized carbons (Fsp3) is 0.111. The number of hydrogen-bond acceptors (Lipinski definition) is 6. The number of ether oxygens (including phenoxy) is 1. The number of hydrogen-bond donors (Lipinski definition) is 1. The molecule has 0 aliphatic carbocycles. The van der Waals surface area contributed by atoms with Crippen LogP contribution < -0.4 is 5.32 Å². The third-order valence-electron chi connectivity index (χ3n) is 3.52. The van der Waals surface area contributed by atoms with Crippen LogP contribution in [-0.4, -0.2) is 27.6 Å². The van der Waals surface area contributed by atoms with Crippen LogP contribution in [0.15, 0.2) is 42.5 Å². The topological polar surface area (TPSA) is 92.8 Å². The van der Waals surface area contributed by atoms with Gasteiger partial charge in [-0.25, -0.2) is 4.79 Å². The summed E-state index contributed by atoms with van der Waals surface area (Å²) in [6, 6.07) is 13.6. The molecule has 0 radical (unpaired) electrons. The molecule has 1 heterocycles. The van der Waals surface area contributed by atoms with Crippen molar-refractivity contribution in [2.75, 3.05) is 11.9 Å². The summed E-state index contributed by atoms with van der Waals surface area (Å²) in [5, 5.41) is 21.4. The molecule has 7 nitrogen and oxygen atoms in total. The zero-order valence-electron chi connectivity index (χ0n) is 14.1. The molecule has 136 valence electrons. The minimum Gasteiger partial charge on any atom is -0.462 e. The van der Waals surface area contributed by atoms with E-state index in [0.717, 1.165) is 0 Å². The highest BCUT2D eigenvalue weighted by molar-refractivity contribution is 6.37. The van der Waals surface area contributed by atoms with Crippen LogP contribution >= 0.6 is 23.2 Å². The summed E-state index contributed by atoms with van der Waals surface area (Å²) in [6.45, 7) is 2.05. The van der Waals surface area contributed by atoms with Crippen molar-refractivity contribution in [3.63, 3.8) is 0 Å².